The molecule has 0 unspecified atom stereocenters. The van der Waals surface area contributed by atoms with Crippen molar-refractivity contribution in [2.24, 2.45) is 0 Å². The van der Waals surface area contributed by atoms with Gasteiger partial charge in [-0.25, -0.2) is 0 Å². The van der Waals surface area contributed by atoms with Crippen molar-refractivity contribution >= 4 is 0 Å². The lowest BCUT2D eigenvalue weighted by Gasteiger charge is -2.20. The van der Waals surface area contributed by atoms with Crippen LogP contribution < -0.4 is 0 Å². The van der Waals surface area contributed by atoms with Crippen molar-refractivity contribution in [3.05, 3.63) is 48.6 Å². The number of rotatable bonds is 21. The molecule has 0 aromatic heterocycles. The zero-order valence-corrected chi connectivity index (χ0v) is 19.6. The first-order chi connectivity index (χ1) is 14.4. The topological polar surface area (TPSA) is 3.24 Å². The van der Waals surface area contributed by atoms with E-state index in [1.807, 2.05) is 6.08 Å². The Morgan fingerprint density at radius 2 is 1.10 bits per heavy atom. The molecule has 0 atom stereocenters. The van der Waals surface area contributed by atoms with Crippen LogP contribution in [0.5, 0.6) is 0 Å². The third-order valence-corrected chi connectivity index (χ3v) is 5.96. The predicted molar refractivity (Wildman–Crippen MR) is 131 cm³/mol. The zero-order chi connectivity index (χ0) is 20.8. The van der Waals surface area contributed by atoms with Crippen LogP contribution in [0.25, 0.3) is 0 Å². The molecule has 1 heteroatoms. The molecule has 29 heavy (non-hydrogen) atoms. The van der Waals surface area contributed by atoms with Crippen LogP contribution in [0.2, 0.25) is 0 Å². The normalized spacial score (nSPS) is 11.2. The van der Waals surface area contributed by atoms with E-state index in [0.717, 1.165) is 13.1 Å². The monoisotopic (exact) mass is 399 g/mol. The summed E-state index contributed by atoms with van der Waals surface area (Å²) in [6.45, 7) is 9.46. The van der Waals surface area contributed by atoms with Crippen LogP contribution in [0, 0.1) is 0 Å². The fourth-order valence-corrected chi connectivity index (χ4v) is 4.14. The lowest BCUT2D eigenvalue weighted by atomic mass is 10.0. The number of nitrogens with zero attached hydrogens (tertiary/aromatic N) is 1. The molecule has 0 aliphatic carbocycles. The maximum absolute atomic E-state index is 3.92. The Kier molecular flexibility index (Phi) is 18.1. The highest BCUT2D eigenvalue weighted by molar-refractivity contribution is 5.14. The van der Waals surface area contributed by atoms with Crippen LogP contribution in [-0.4, -0.2) is 18.0 Å². The van der Waals surface area contributed by atoms with Crippen molar-refractivity contribution in [2.45, 2.75) is 116 Å². The van der Waals surface area contributed by atoms with Crippen LogP contribution in [0.15, 0.2) is 43.0 Å². The van der Waals surface area contributed by atoms with E-state index in [4.69, 9.17) is 0 Å². The average molecular weight is 400 g/mol. The van der Waals surface area contributed by atoms with Gasteiger partial charge in [0.2, 0.25) is 0 Å². The Balaban J connectivity index is 1.86. The van der Waals surface area contributed by atoms with Gasteiger partial charge in [-0.15, -0.1) is 6.58 Å². The Bertz CT molecular complexity index is 453. The average Bonchev–Trinajstić information content (AvgIpc) is 2.74. The number of unbranched alkanes of at least 4 members (excludes halogenated alkanes) is 15. The first-order valence-electron chi connectivity index (χ1n) is 12.7. The van der Waals surface area contributed by atoms with Gasteiger partial charge in [0.25, 0.3) is 0 Å². The summed E-state index contributed by atoms with van der Waals surface area (Å²) in [6.07, 6.45) is 25.0. The van der Waals surface area contributed by atoms with Crippen molar-refractivity contribution in [1.29, 1.82) is 0 Å². The largest absolute Gasteiger partial charge is 0.295 e. The zero-order valence-electron chi connectivity index (χ0n) is 19.6. The van der Waals surface area contributed by atoms with Crippen LogP contribution >= 0.6 is 0 Å². The lowest BCUT2D eigenvalue weighted by Crippen LogP contribution is -2.24. The van der Waals surface area contributed by atoms with Gasteiger partial charge in [-0.05, 0) is 18.5 Å². The fraction of sp³-hybridized carbons (Fsp3) is 0.714. The highest BCUT2D eigenvalue weighted by atomic mass is 15.1. The molecule has 1 aromatic rings. The van der Waals surface area contributed by atoms with Crippen molar-refractivity contribution in [3.8, 4) is 0 Å². The van der Waals surface area contributed by atoms with E-state index in [1.54, 1.807) is 0 Å². The summed E-state index contributed by atoms with van der Waals surface area (Å²) in [6, 6.07) is 10.8. The molecule has 1 nitrogen and oxygen atoms in total. The van der Waals surface area contributed by atoms with Gasteiger partial charge in [-0.3, -0.25) is 4.90 Å². The summed E-state index contributed by atoms with van der Waals surface area (Å²) in [5.74, 6) is 0. The summed E-state index contributed by atoms with van der Waals surface area (Å²) in [5, 5.41) is 0. The van der Waals surface area contributed by atoms with Crippen molar-refractivity contribution in [1.82, 2.24) is 4.90 Å². The molecule has 0 radical (unpaired) electrons. The highest BCUT2D eigenvalue weighted by Gasteiger charge is 2.04. The molecule has 0 saturated heterocycles. The minimum Gasteiger partial charge on any atom is -0.295 e. The van der Waals surface area contributed by atoms with Gasteiger partial charge in [0, 0.05) is 13.1 Å². The number of hydrogen-bond acceptors (Lipinski definition) is 1. The van der Waals surface area contributed by atoms with Crippen LogP contribution in [-0.2, 0) is 6.54 Å². The SMILES string of the molecule is C=CCN(CCCCCCCCCCCCCCCCCC)Cc1ccccc1. The van der Waals surface area contributed by atoms with Gasteiger partial charge in [0.1, 0.15) is 0 Å². The van der Waals surface area contributed by atoms with Crippen molar-refractivity contribution < 1.29 is 0 Å². The maximum Gasteiger partial charge on any atom is 0.0237 e. The van der Waals surface area contributed by atoms with Gasteiger partial charge >= 0.3 is 0 Å². The molecule has 0 aliphatic rings. The minimum atomic E-state index is 0.994. The molecule has 0 heterocycles. The molecular weight excluding hydrogens is 350 g/mol. The summed E-state index contributed by atoms with van der Waals surface area (Å²) in [5.41, 5.74) is 1.41. The number of benzene rings is 1. The summed E-state index contributed by atoms with van der Waals surface area (Å²) >= 11 is 0. The first-order valence-corrected chi connectivity index (χ1v) is 12.7. The molecule has 0 N–H and O–H groups in total. The Morgan fingerprint density at radius 3 is 1.55 bits per heavy atom. The molecule has 1 rings (SSSR count). The molecule has 1 aromatic carbocycles. The van der Waals surface area contributed by atoms with Gasteiger partial charge in [0.05, 0.1) is 0 Å². The molecule has 0 aliphatic heterocycles. The van der Waals surface area contributed by atoms with E-state index in [1.165, 1.54) is 115 Å². The van der Waals surface area contributed by atoms with Gasteiger partial charge in [-0.2, -0.15) is 0 Å². The van der Waals surface area contributed by atoms with Crippen LogP contribution in [0.4, 0.5) is 0 Å². The summed E-state index contributed by atoms with van der Waals surface area (Å²) in [7, 11) is 0. The molecule has 166 valence electrons. The third kappa shape index (κ3) is 16.4. The Labute approximate surface area is 183 Å². The van der Waals surface area contributed by atoms with Gasteiger partial charge in [-0.1, -0.05) is 140 Å². The molecule has 0 amide bonds. The summed E-state index contributed by atoms with van der Waals surface area (Å²) in [4.78, 5) is 2.52. The fourth-order valence-electron chi connectivity index (χ4n) is 4.14. The second kappa shape index (κ2) is 20.2. The van der Waals surface area contributed by atoms with Crippen LogP contribution in [0.3, 0.4) is 0 Å². The first kappa shape index (κ1) is 26.0. The van der Waals surface area contributed by atoms with Gasteiger partial charge < -0.3 is 0 Å². The summed E-state index contributed by atoms with van der Waals surface area (Å²) < 4.78 is 0. The minimum absolute atomic E-state index is 0.994. The second-order valence-corrected chi connectivity index (χ2v) is 8.81. The third-order valence-electron chi connectivity index (χ3n) is 5.96. The highest BCUT2D eigenvalue weighted by Crippen LogP contribution is 2.14. The smallest absolute Gasteiger partial charge is 0.0237 e. The molecule has 0 saturated carbocycles. The molecule has 0 spiro atoms. The maximum atomic E-state index is 3.92. The molecule has 0 fully saturated rings. The van der Waals surface area contributed by atoms with E-state index in [2.05, 4.69) is 48.7 Å². The van der Waals surface area contributed by atoms with Gasteiger partial charge in [0.15, 0.2) is 0 Å². The van der Waals surface area contributed by atoms with E-state index in [-0.39, 0.29) is 0 Å². The van der Waals surface area contributed by atoms with Crippen molar-refractivity contribution in [2.75, 3.05) is 13.1 Å². The second-order valence-electron chi connectivity index (χ2n) is 8.81. The van der Waals surface area contributed by atoms with E-state index in [0.29, 0.717) is 0 Å². The number of hydrogen-bond donors (Lipinski definition) is 0. The quantitative estimate of drug-likeness (QED) is 0.147. The van der Waals surface area contributed by atoms with E-state index < -0.39 is 0 Å². The van der Waals surface area contributed by atoms with Crippen LogP contribution in [0.1, 0.15) is 115 Å². The van der Waals surface area contributed by atoms with E-state index >= 15 is 0 Å². The standard InChI is InChI=1S/C28H49N/c1-3-5-6-7-8-9-10-11-12-13-14-15-16-17-18-22-26-29(25-4-2)27-28-23-20-19-21-24-28/h4,19-21,23-24H,2-3,5-18,22,25-27H2,1H3. The predicted octanol–water partition coefficient (Wildman–Crippen LogP) is 8.94. The Morgan fingerprint density at radius 1 is 0.655 bits per heavy atom. The van der Waals surface area contributed by atoms with E-state index in [9.17, 15) is 0 Å². The molecule has 0 bridgehead atoms. The molecular formula is C28H49N. The Hall–Kier alpha value is -1.08. The lowest BCUT2D eigenvalue weighted by molar-refractivity contribution is 0.286. The van der Waals surface area contributed by atoms with Crippen molar-refractivity contribution in [3.63, 3.8) is 0 Å².